The predicted molar refractivity (Wildman–Crippen MR) is 76.4 cm³/mol. The number of halogens is 2. The minimum atomic E-state index is -0.575. The fraction of sp³-hybridized carbons (Fsp3) is 0.600. The summed E-state index contributed by atoms with van der Waals surface area (Å²) in [6.45, 7) is 6.45. The molecule has 0 heterocycles. The zero-order valence-electron chi connectivity index (χ0n) is 12.4. The topological polar surface area (TPSA) is 38.5 Å². The van der Waals surface area contributed by atoms with Crippen LogP contribution in [0.1, 0.15) is 25.5 Å². The summed E-state index contributed by atoms with van der Waals surface area (Å²) >= 11 is 0. The SMILES string of the molecule is COCCN(CC(C)C)C(CN)c1ccc(F)cc1F. The van der Waals surface area contributed by atoms with Crippen LogP contribution in [-0.4, -0.2) is 38.3 Å². The van der Waals surface area contributed by atoms with Crippen LogP contribution in [0.5, 0.6) is 0 Å². The monoisotopic (exact) mass is 286 g/mol. The molecule has 0 saturated carbocycles. The summed E-state index contributed by atoms with van der Waals surface area (Å²) in [5.41, 5.74) is 6.25. The molecule has 2 N–H and O–H groups in total. The van der Waals surface area contributed by atoms with E-state index in [1.165, 1.54) is 12.1 Å². The van der Waals surface area contributed by atoms with Crippen molar-refractivity contribution in [3.8, 4) is 0 Å². The predicted octanol–water partition coefficient (Wildman–Crippen LogP) is 2.57. The van der Waals surface area contributed by atoms with Gasteiger partial charge in [0.1, 0.15) is 11.6 Å². The molecule has 1 aromatic carbocycles. The Morgan fingerprint density at radius 3 is 2.50 bits per heavy atom. The number of hydrogen-bond donors (Lipinski definition) is 1. The van der Waals surface area contributed by atoms with E-state index in [4.69, 9.17) is 10.5 Å². The van der Waals surface area contributed by atoms with Crippen molar-refractivity contribution in [1.29, 1.82) is 0 Å². The third-order valence-corrected chi connectivity index (χ3v) is 3.17. The van der Waals surface area contributed by atoms with Gasteiger partial charge in [0, 0.05) is 38.4 Å². The van der Waals surface area contributed by atoms with Gasteiger partial charge in [-0.15, -0.1) is 0 Å². The number of nitrogens with two attached hydrogens (primary N) is 1. The smallest absolute Gasteiger partial charge is 0.130 e. The van der Waals surface area contributed by atoms with E-state index in [2.05, 4.69) is 18.7 Å². The zero-order valence-corrected chi connectivity index (χ0v) is 12.4. The molecule has 0 aliphatic carbocycles. The van der Waals surface area contributed by atoms with Crippen LogP contribution < -0.4 is 5.73 Å². The first-order valence-electron chi connectivity index (χ1n) is 6.87. The van der Waals surface area contributed by atoms with Gasteiger partial charge in [-0.25, -0.2) is 8.78 Å². The van der Waals surface area contributed by atoms with Crippen LogP contribution in [0, 0.1) is 17.6 Å². The molecule has 1 rings (SSSR count). The van der Waals surface area contributed by atoms with Crippen LogP contribution in [0.2, 0.25) is 0 Å². The normalized spacial score (nSPS) is 13.2. The first kappa shape index (κ1) is 17.0. The third kappa shape index (κ3) is 4.81. The second kappa shape index (κ2) is 8.29. The number of ether oxygens (including phenoxy) is 1. The quantitative estimate of drug-likeness (QED) is 0.798. The van der Waals surface area contributed by atoms with E-state index in [-0.39, 0.29) is 12.6 Å². The molecule has 0 saturated heterocycles. The van der Waals surface area contributed by atoms with Gasteiger partial charge in [0.05, 0.1) is 12.6 Å². The molecule has 1 aromatic rings. The fourth-order valence-electron chi connectivity index (χ4n) is 2.30. The lowest BCUT2D eigenvalue weighted by atomic mass is 10.0. The lowest BCUT2D eigenvalue weighted by Gasteiger charge is -2.32. The van der Waals surface area contributed by atoms with Gasteiger partial charge in [-0.2, -0.15) is 0 Å². The molecule has 5 heteroatoms. The van der Waals surface area contributed by atoms with E-state index in [1.54, 1.807) is 7.11 Å². The highest BCUT2D eigenvalue weighted by Gasteiger charge is 2.22. The van der Waals surface area contributed by atoms with Gasteiger partial charge < -0.3 is 10.5 Å². The van der Waals surface area contributed by atoms with Gasteiger partial charge in [0.15, 0.2) is 0 Å². The van der Waals surface area contributed by atoms with Gasteiger partial charge in [0.25, 0.3) is 0 Å². The highest BCUT2D eigenvalue weighted by molar-refractivity contribution is 5.22. The lowest BCUT2D eigenvalue weighted by Crippen LogP contribution is -2.38. The van der Waals surface area contributed by atoms with E-state index in [0.29, 0.717) is 24.6 Å². The van der Waals surface area contributed by atoms with Gasteiger partial charge in [-0.3, -0.25) is 4.90 Å². The van der Waals surface area contributed by atoms with Gasteiger partial charge in [-0.05, 0) is 12.0 Å². The van der Waals surface area contributed by atoms with Crippen molar-refractivity contribution < 1.29 is 13.5 Å². The summed E-state index contributed by atoms with van der Waals surface area (Å²) in [4.78, 5) is 2.09. The number of hydrogen-bond acceptors (Lipinski definition) is 3. The van der Waals surface area contributed by atoms with Gasteiger partial charge in [0.2, 0.25) is 0 Å². The summed E-state index contributed by atoms with van der Waals surface area (Å²) in [6, 6.07) is 3.38. The van der Waals surface area contributed by atoms with E-state index >= 15 is 0 Å². The molecule has 0 spiro atoms. The molecule has 0 aromatic heterocycles. The van der Waals surface area contributed by atoms with Crippen molar-refractivity contribution in [3.05, 3.63) is 35.4 Å². The lowest BCUT2D eigenvalue weighted by molar-refractivity contribution is 0.110. The maximum absolute atomic E-state index is 14.0. The Kier molecular flexibility index (Phi) is 7.05. The number of nitrogens with zero attached hydrogens (tertiary/aromatic N) is 1. The van der Waals surface area contributed by atoms with Gasteiger partial charge in [-0.1, -0.05) is 19.9 Å². The molecule has 0 amide bonds. The summed E-state index contributed by atoms with van der Waals surface area (Å²) in [5.74, 6) is -0.703. The molecule has 0 fully saturated rings. The Labute approximate surface area is 119 Å². The maximum Gasteiger partial charge on any atom is 0.130 e. The Bertz CT molecular complexity index is 413. The molecule has 0 aliphatic heterocycles. The highest BCUT2D eigenvalue weighted by Crippen LogP contribution is 2.24. The van der Waals surface area contributed by atoms with Crippen LogP contribution in [0.15, 0.2) is 18.2 Å². The molecule has 3 nitrogen and oxygen atoms in total. The first-order valence-corrected chi connectivity index (χ1v) is 6.87. The molecule has 0 radical (unpaired) electrons. The Morgan fingerprint density at radius 2 is 2.00 bits per heavy atom. The van der Waals surface area contributed by atoms with Crippen molar-refractivity contribution in [2.45, 2.75) is 19.9 Å². The molecule has 20 heavy (non-hydrogen) atoms. The van der Waals surface area contributed by atoms with E-state index < -0.39 is 11.6 Å². The van der Waals surface area contributed by atoms with Gasteiger partial charge >= 0.3 is 0 Å². The van der Waals surface area contributed by atoms with Crippen LogP contribution in [0.4, 0.5) is 8.78 Å². The molecule has 0 bridgehead atoms. The Hall–Kier alpha value is -1.04. The average Bonchev–Trinajstić information content (AvgIpc) is 2.38. The molecular weight excluding hydrogens is 262 g/mol. The van der Waals surface area contributed by atoms with Crippen molar-refractivity contribution in [1.82, 2.24) is 4.90 Å². The Balaban J connectivity index is 2.98. The van der Waals surface area contributed by atoms with Crippen LogP contribution >= 0.6 is 0 Å². The minimum Gasteiger partial charge on any atom is -0.383 e. The Morgan fingerprint density at radius 1 is 1.30 bits per heavy atom. The summed E-state index contributed by atoms with van der Waals surface area (Å²) in [6.07, 6.45) is 0. The highest BCUT2D eigenvalue weighted by atomic mass is 19.1. The standard InChI is InChI=1S/C15H24F2N2O/c1-11(2)10-19(6-7-20-3)15(9-18)13-5-4-12(16)8-14(13)17/h4-5,8,11,15H,6-7,9-10,18H2,1-3H3. The first-order chi connectivity index (χ1) is 9.49. The second-order valence-electron chi connectivity index (χ2n) is 5.30. The van der Waals surface area contributed by atoms with E-state index in [1.807, 2.05) is 0 Å². The van der Waals surface area contributed by atoms with Crippen LogP contribution in [0.3, 0.4) is 0 Å². The molecular formula is C15H24F2N2O. The molecule has 1 atom stereocenters. The maximum atomic E-state index is 14.0. The van der Waals surface area contributed by atoms with Crippen molar-refractivity contribution >= 4 is 0 Å². The van der Waals surface area contributed by atoms with Crippen molar-refractivity contribution in [2.75, 3.05) is 33.4 Å². The average molecular weight is 286 g/mol. The molecule has 1 unspecified atom stereocenters. The number of methoxy groups -OCH3 is 1. The van der Waals surface area contributed by atoms with Crippen molar-refractivity contribution in [2.24, 2.45) is 11.7 Å². The summed E-state index contributed by atoms with van der Waals surface area (Å²) in [7, 11) is 1.63. The third-order valence-electron chi connectivity index (χ3n) is 3.17. The number of benzene rings is 1. The van der Waals surface area contributed by atoms with Crippen LogP contribution in [0.25, 0.3) is 0 Å². The fourth-order valence-corrected chi connectivity index (χ4v) is 2.30. The largest absolute Gasteiger partial charge is 0.383 e. The van der Waals surface area contributed by atoms with Crippen LogP contribution in [-0.2, 0) is 4.74 Å². The molecule has 114 valence electrons. The minimum absolute atomic E-state index is 0.270. The zero-order chi connectivity index (χ0) is 15.1. The summed E-state index contributed by atoms with van der Waals surface area (Å²) < 4.78 is 32.1. The van der Waals surface area contributed by atoms with Crippen molar-refractivity contribution in [3.63, 3.8) is 0 Å². The second-order valence-corrected chi connectivity index (χ2v) is 5.30. The molecule has 0 aliphatic rings. The summed E-state index contributed by atoms with van der Waals surface area (Å²) in [5, 5.41) is 0. The van der Waals surface area contributed by atoms with E-state index in [9.17, 15) is 8.78 Å². The van der Waals surface area contributed by atoms with E-state index in [0.717, 1.165) is 12.6 Å². The number of rotatable bonds is 8.